The van der Waals surface area contributed by atoms with Crippen LogP contribution in [0.25, 0.3) is 10.9 Å². The number of Topliss-reactive ketones (excluding diaryl/α,β-unsaturated/α-hetero) is 1. The lowest BCUT2D eigenvalue weighted by molar-refractivity contribution is -0.120. The third kappa shape index (κ3) is 1.72. The fourth-order valence-electron chi connectivity index (χ4n) is 2.16. The first-order valence-electron chi connectivity index (χ1n) is 5.80. The van der Waals surface area contributed by atoms with Crippen molar-refractivity contribution in [1.29, 1.82) is 5.26 Å². The van der Waals surface area contributed by atoms with Crippen molar-refractivity contribution in [2.45, 2.75) is 19.4 Å². The van der Waals surface area contributed by atoms with E-state index in [2.05, 4.69) is 6.07 Å². The van der Waals surface area contributed by atoms with E-state index < -0.39 is 0 Å². The SMILES string of the molecule is N#Cc1cccc2c1ccn2CC(=O)C1CC1. The molecule has 0 amide bonds. The van der Waals surface area contributed by atoms with Gasteiger partial charge < -0.3 is 4.57 Å². The molecule has 84 valence electrons. The van der Waals surface area contributed by atoms with Crippen molar-refractivity contribution in [2.24, 2.45) is 5.92 Å². The molecule has 0 radical (unpaired) electrons. The van der Waals surface area contributed by atoms with Gasteiger partial charge in [0.25, 0.3) is 0 Å². The monoisotopic (exact) mass is 224 g/mol. The van der Waals surface area contributed by atoms with Crippen molar-refractivity contribution in [3.05, 3.63) is 36.0 Å². The van der Waals surface area contributed by atoms with Crippen molar-refractivity contribution >= 4 is 16.7 Å². The molecule has 0 bridgehead atoms. The number of carbonyl (C=O) groups is 1. The summed E-state index contributed by atoms with van der Waals surface area (Å²) in [7, 11) is 0. The molecule has 2 aromatic rings. The fraction of sp³-hybridized carbons (Fsp3) is 0.286. The average Bonchev–Trinajstić information content (AvgIpc) is 3.12. The molecule has 1 aliphatic carbocycles. The first-order valence-corrected chi connectivity index (χ1v) is 5.80. The zero-order chi connectivity index (χ0) is 11.8. The summed E-state index contributed by atoms with van der Waals surface area (Å²) >= 11 is 0. The fourth-order valence-corrected chi connectivity index (χ4v) is 2.16. The van der Waals surface area contributed by atoms with E-state index in [9.17, 15) is 4.79 Å². The van der Waals surface area contributed by atoms with E-state index in [0.29, 0.717) is 17.9 Å². The molecule has 3 rings (SSSR count). The van der Waals surface area contributed by atoms with Crippen LogP contribution >= 0.6 is 0 Å². The van der Waals surface area contributed by atoms with E-state index in [-0.39, 0.29) is 5.92 Å². The molecule has 1 aliphatic rings. The Hall–Kier alpha value is -2.08. The van der Waals surface area contributed by atoms with Gasteiger partial charge in [-0.15, -0.1) is 0 Å². The first-order chi connectivity index (χ1) is 8.29. The maximum absolute atomic E-state index is 11.8. The topological polar surface area (TPSA) is 45.8 Å². The second-order valence-corrected chi connectivity index (χ2v) is 4.53. The third-order valence-corrected chi connectivity index (χ3v) is 3.29. The highest BCUT2D eigenvalue weighted by Gasteiger charge is 2.29. The van der Waals surface area contributed by atoms with E-state index in [1.165, 1.54) is 0 Å². The number of hydrogen-bond donors (Lipinski definition) is 0. The van der Waals surface area contributed by atoms with Gasteiger partial charge in [-0.3, -0.25) is 4.79 Å². The Morgan fingerprint density at radius 3 is 2.94 bits per heavy atom. The molecule has 0 spiro atoms. The van der Waals surface area contributed by atoms with E-state index in [0.717, 1.165) is 23.7 Å². The summed E-state index contributed by atoms with van der Waals surface area (Å²) in [5.74, 6) is 0.594. The second-order valence-electron chi connectivity index (χ2n) is 4.53. The molecule has 3 heteroatoms. The van der Waals surface area contributed by atoms with Gasteiger partial charge in [-0.05, 0) is 31.0 Å². The number of aromatic nitrogens is 1. The third-order valence-electron chi connectivity index (χ3n) is 3.29. The van der Waals surface area contributed by atoms with Crippen LogP contribution in [0.15, 0.2) is 30.5 Å². The quantitative estimate of drug-likeness (QED) is 0.804. The zero-order valence-corrected chi connectivity index (χ0v) is 9.39. The average molecular weight is 224 g/mol. The van der Waals surface area contributed by atoms with E-state index >= 15 is 0 Å². The zero-order valence-electron chi connectivity index (χ0n) is 9.39. The Kier molecular flexibility index (Phi) is 2.22. The largest absolute Gasteiger partial charge is 0.340 e. The molecule has 0 atom stereocenters. The molecule has 1 heterocycles. The van der Waals surface area contributed by atoms with Crippen molar-refractivity contribution in [3.63, 3.8) is 0 Å². The molecular weight excluding hydrogens is 212 g/mol. The first kappa shape index (κ1) is 10.1. The van der Waals surface area contributed by atoms with Crippen molar-refractivity contribution in [3.8, 4) is 6.07 Å². The summed E-state index contributed by atoms with van der Waals surface area (Å²) in [6, 6.07) is 9.70. The van der Waals surface area contributed by atoms with Crippen LogP contribution in [0.1, 0.15) is 18.4 Å². The minimum Gasteiger partial charge on any atom is -0.340 e. The summed E-state index contributed by atoms with van der Waals surface area (Å²) in [6.45, 7) is 0.434. The Labute approximate surface area is 99.3 Å². The van der Waals surface area contributed by atoms with Crippen molar-refractivity contribution in [1.82, 2.24) is 4.57 Å². The maximum Gasteiger partial charge on any atom is 0.155 e. The predicted octanol–water partition coefficient (Wildman–Crippen LogP) is 2.49. The molecule has 0 unspecified atom stereocenters. The van der Waals surface area contributed by atoms with Gasteiger partial charge in [0.15, 0.2) is 5.78 Å². The molecule has 1 saturated carbocycles. The Morgan fingerprint density at radius 2 is 2.24 bits per heavy atom. The van der Waals surface area contributed by atoms with E-state index in [1.54, 1.807) is 6.07 Å². The standard InChI is InChI=1S/C14H12N2O/c15-8-11-2-1-3-13-12(11)6-7-16(13)9-14(17)10-4-5-10/h1-3,6-7,10H,4-5,9H2. The highest BCUT2D eigenvalue weighted by molar-refractivity contribution is 5.89. The van der Waals surface area contributed by atoms with Crippen LogP contribution in [0.5, 0.6) is 0 Å². The molecular formula is C14H12N2O. The molecule has 1 aromatic carbocycles. The Morgan fingerprint density at radius 1 is 1.41 bits per heavy atom. The number of rotatable bonds is 3. The van der Waals surface area contributed by atoms with E-state index in [4.69, 9.17) is 5.26 Å². The van der Waals surface area contributed by atoms with Crippen LogP contribution in [0.3, 0.4) is 0 Å². The predicted molar refractivity (Wildman–Crippen MR) is 64.4 cm³/mol. The number of fused-ring (bicyclic) bond motifs is 1. The van der Waals surface area contributed by atoms with E-state index in [1.807, 2.05) is 29.0 Å². The van der Waals surface area contributed by atoms with Crippen LogP contribution in [0.4, 0.5) is 0 Å². The van der Waals surface area contributed by atoms with Crippen LogP contribution in [0.2, 0.25) is 0 Å². The van der Waals surface area contributed by atoms with Gasteiger partial charge in [-0.25, -0.2) is 0 Å². The number of nitriles is 1. The van der Waals surface area contributed by atoms with Crippen molar-refractivity contribution < 1.29 is 4.79 Å². The molecule has 17 heavy (non-hydrogen) atoms. The molecule has 1 aromatic heterocycles. The van der Waals surface area contributed by atoms with Crippen LogP contribution in [-0.4, -0.2) is 10.4 Å². The summed E-state index contributed by atoms with van der Waals surface area (Å²) < 4.78 is 1.94. The van der Waals surface area contributed by atoms with Gasteiger partial charge in [0, 0.05) is 23.0 Å². The van der Waals surface area contributed by atoms with Gasteiger partial charge in [0.1, 0.15) is 0 Å². The molecule has 0 N–H and O–H groups in total. The lowest BCUT2D eigenvalue weighted by Gasteiger charge is -2.03. The Balaban J connectivity index is 2.00. The summed E-state index contributed by atoms with van der Waals surface area (Å²) in [4.78, 5) is 11.8. The summed E-state index contributed by atoms with van der Waals surface area (Å²) in [6.07, 6.45) is 3.98. The highest BCUT2D eigenvalue weighted by Crippen LogP contribution is 2.31. The smallest absolute Gasteiger partial charge is 0.155 e. The lowest BCUT2D eigenvalue weighted by atomic mass is 10.1. The molecule has 0 aliphatic heterocycles. The molecule has 1 fully saturated rings. The van der Waals surface area contributed by atoms with Crippen LogP contribution in [0, 0.1) is 17.2 Å². The lowest BCUT2D eigenvalue weighted by Crippen LogP contribution is -2.10. The van der Waals surface area contributed by atoms with Gasteiger partial charge in [0.2, 0.25) is 0 Å². The van der Waals surface area contributed by atoms with Gasteiger partial charge in [-0.1, -0.05) is 6.07 Å². The number of ketones is 1. The number of carbonyl (C=O) groups excluding carboxylic acids is 1. The van der Waals surface area contributed by atoms with Crippen molar-refractivity contribution in [2.75, 3.05) is 0 Å². The normalized spacial score (nSPS) is 14.8. The van der Waals surface area contributed by atoms with Gasteiger partial charge in [-0.2, -0.15) is 5.26 Å². The Bertz CT molecular complexity index is 629. The van der Waals surface area contributed by atoms with Gasteiger partial charge >= 0.3 is 0 Å². The van der Waals surface area contributed by atoms with Crippen LogP contribution in [-0.2, 0) is 11.3 Å². The maximum atomic E-state index is 11.8. The summed E-state index contributed by atoms with van der Waals surface area (Å²) in [5.41, 5.74) is 1.64. The number of hydrogen-bond acceptors (Lipinski definition) is 2. The minimum atomic E-state index is 0.284. The number of benzene rings is 1. The molecule has 0 saturated heterocycles. The molecule has 3 nitrogen and oxygen atoms in total. The van der Waals surface area contributed by atoms with Crippen LogP contribution < -0.4 is 0 Å². The highest BCUT2D eigenvalue weighted by atomic mass is 16.1. The van der Waals surface area contributed by atoms with Gasteiger partial charge in [0.05, 0.1) is 18.2 Å². The number of nitrogens with zero attached hydrogens (tertiary/aromatic N) is 2. The second kappa shape index (κ2) is 3.74. The summed E-state index contributed by atoms with van der Waals surface area (Å²) in [5, 5.41) is 9.93. The minimum absolute atomic E-state index is 0.284.